The van der Waals surface area contributed by atoms with Gasteiger partial charge in [-0.2, -0.15) is 0 Å². The zero-order valence-electron chi connectivity index (χ0n) is 8.98. The van der Waals surface area contributed by atoms with Crippen molar-refractivity contribution in [2.24, 2.45) is 11.1 Å². The SMILES string of the molecule is CCC[C@H](N)C(C)(C)CNCC. The Morgan fingerprint density at radius 3 is 2.33 bits per heavy atom. The summed E-state index contributed by atoms with van der Waals surface area (Å²) >= 11 is 0. The molecule has 0 aromatic carbocycles. The molecule has 0 spiro atoms. The highest BCUT2D eigenvalue weighted by atomic mass is 14.9. The lowest BCUT2D eigenvalue weighted by Gasteiger charge is -2.31. The Morgan fingerprint density at radius 1 is 1.33 bits per heavy atom. The lowest BCUT2D eigenvalue weighted by atomic mass is 9.82. The molecule has 0 aromatic heterocycles. The molecule has 3 N–H and O–H groups in total. The van der Waals surface area contributed by atoms with E-state index in [1.165, 1.54) is 6.42 Å². The monoisotopic (exact) mass is 172 g/mol. The second-order valence-corrected chi connectivity index (χ2v) is 4.16. The van der Waals surface area contributed by atoms with Gasteiger partial charge in [0.15, 0.2) is 0 Å². The first-order valence-electron chi connectivity index (χ1n) is 5.01. The molecule has 0 aliphatic heterocycles. The number of rotatable bonds is 6. The van der Waals surface area contributed by atoms with Crippen LogP contribution in [0.2, 0.25) is 0 Å². The van der Waals surface area contributed by atoms with Crippen LogP contribution in [-0.4, -0.2) is 19.1 Å². The molecule has 0 fully saturated rings. The predicted octanol–water partition coefficient (Wildman–Crippen LogP) is 1.75. The molecule has 1 atom stereocenters. The zero-order valence-corrected chi connectivity index (χ0v) is 8.98. The van der Waals surface area contributed by atoms with Gasteiger partial charge in [-0.15, -0.1) is 0 Å². The van der Waals surface area contributed by atoms with Gasteiger partial charge in [0.25, 0.3) is 0 Å². The molecule has 0 heterocycles. The van der Waals surface area contributed by atoms with Crippen molar-refractivity contribution in [3.8, 4) is 0 Å². The molecule has 0 saturated heterocycles. The molecular formula is C10H24N2. The molecular weight excluding hydrogens is 148 g/mol. The Bertz CT molecular complexity index is 110. The quantitative estimate of drug-likeness (QED) is 0.640. The Hall–Kier alpha value is -0.0800. The van der Waals surface area contributed by atoms with Crippen LogP contribution < -0.4 is 11.1 Å². The molecule has 2 heteroatoms. The third-order valence-electron chi connectivity index (χ3n) is 2.43. The van der Waals surface area contributed by atoms with Crippen molar-refractivity contribution < 1.29 is 0 Å². The van der Waals surface area contributed by atoms with Crippen LogP contribution in [0.4, 0.5) is 0 Å². The van der Waals surface area contributed by atoms with E-state index in [-0.39, 0.29) is 5.41 Å². The maximum Gasteiger partial charge on any atom is 0.0102 e. The average Bonchev–Trinajstić information content (AvgIpc) is 2.01. The summed E-state index contributed by atoms with van der Waals surface area (Å²) in [5, 5.41) is 3.35. The first-order valence-corrected chi connectivity index (χ1v) is 5.01. The standard InChI is InChI=1S/C10H24N2/c1-5-7-9(11)10(3,4)8-12-6-2/h9,12H,5-8,11H2,1-4H3/t9-/m0/s1. The van der Waals surface area contributed by atoms with Crippen LogP contribution in [0.25, 0.3) is 0 Å². The number of hydrogen-bond acceptors (Lipinski definition) is 2. The summed E-state index contributed by atoms with van der Waals surface area (Å²) in [6.45, 7) is 10.8. The smallest absolute Gasteiger partial charge is 0.0102 e. The van der Waals surface area contributed by atoms with Gasteiger partial charge >= 0.3 is 0 Å². The lowest BCUT2D eigenvalue weighted by molar-refractivity contribution is 0.260. The fraction of sp³-hybridized carbons (Fsp3) is 1.00. The fourth-order valence-corrected chi connectivity index (χ4v) is 1.28. The summed E-state index contributed by atoms with van der Waals surface area (Å²) in [7, 11) is 0. The van der Waals surface area contributed by atoms with Gasteiger partial charge in [-0.1, -0.05) is 34.1 Å². The number of nitrogens with two attached hydrogens (primary N) is 1. The van der Waals surface area contributed by atoms with Crippen molar-refractivity contribution in [1.82, 2.24) is 5.32 Å². The van der Waals surface area contributed by atoms with E-state index in [2.05, 4.69) is 33.0 Å². The molecule has 0 unspecified atom stereocenters. The van der Waals surface area contributed by atoms with E-state index >= 15 is 0 Å². The van der Waals surface area contributed by atoms with Crippen molar-refractivity contribution in [2.75, 3.05) is 13.1 Å². The van der Waals surface area contributed by atoms with E-state index in [4.69, 9.17) is 5.73 Å². The van der Waals surface area contributed by atoms with Crippen LogP contribution in [0.5, 0.6) is 0 Å². The van der Waals surface area contributed by atoms with E-state index in [0.29, 0.717) is 6.04 Å². The highest BCUT2D eigenvalue weighted by Crippen LogP contribution is 2.20. The Labute approximate surface area is 76.9 Å². The van der Waals surface area contributed by atoms with Crippen LogP contribution in [0.1, 0.15) is 40.5 Å². The minimum Gasteiger partial charge on any atom is -0.327 e. The van der Waals surface area contributed by atoms with Crippen molar-refractivity contribution in [2.45, 2.75) is 46.6 Å². The maximum absolute atomic E-state index is 6.06. The van der Waals surface area contributed by atoms with E-state index in [0.717, 1.165) is 19.5 Å². The highest BCUT2D eigenvalue weighted by molar-refractivity contribution is 4.82. The van der Waals surface area contributed by atoms with Crippen LogP contribution in [-0.2, 0) is 0 Å². The van der Waals surface area contributed by atoms with Gasteiger partial charge in [-0.3, -0.25) is 0 Å². The van der Waals surface area contributed by atoms with Crippen LogP contribution in [0, 0.1) is 5.41 Å². The topological polar surface area (TPSA) is 38.0 Å². The Balaban J connectivity index is 3.81. The molecule has 74 valence electrons. The van der Waals surface area contributed by atoms with Crippen LogP contribution in [0.3, 0.4) is 0 Å². The summed E-state index contributed by atoms with van der Waals surface area (Å²) < 4.78 is 0. The Kier molecular flexibility index (Phi) is 5.51. The second-order valence-electron chi connectivity index (χ2n) is 4.16. The van der Waals surface area contributed by atoms with E-state index < -0.39 is 0 Å². The Morgan fingerprint density at radius 2 is 1.92 bits per heavy atom. The van der Waals surface area contributed by atoms with Gasteiger partial charge in [0.2, 0.25) is 0 Å². The second kappa shape index (κ2) is 5.55. The first-order chi connectivity index (χ1) is 5.54. The van der Waals surface area contributed by atoms with E-state index in [1.54, 1.807) is 0 Å². The molecule has 0 bridgehead atoms. The van der Waals surface area contributed by atoms with Gasteiger partial charge in [-0.05, 0) is 18.4 Å². The molecule has 0 saturated carbocycles. The number of nitrogens with one attached hydrogen (secondary N) is 1. The normalized spacial score (nSPS) is 14.8. The van der Waals surface area contributed by atoms with Crippen LogP contribution in [0.15, 0.2) is 0 Å². The largest absolute Gasteiger partial charge is 0.327 e. The van der Waals surface area contributed by atoms with Gasteiger partial charge in [0.05, 0.1) is 0 Å². The lowest BCUT2D eigenvalue weighted by Crippen LogP contribution is -2.44. The van der Waals surface area contributed by atoms with Crippen molar-refractivity contribution in [1.29, 1.82) is 0 Å². The van der Waals surface area contributed by atoms with Crippen molar-refractivity contribution in [3.63, 3.8) is 0 Å². The van der Waals surface area contributed by atoms with Crippen molar-refractivity contribution >= 4 is 0 Å². The highest BCUT2D eigenvalue weighted by Gasteiger charge is 2.24. The third-order valence-corrected chi connectivity index (χ3v) is 2.43. The van der Waals surface area contributed by atoms with E-state index in [1.807, 2.05) is 0 Å². The van der Waals surface area contributed by atoms with Crippen LogP contribution >= 0.6 is 0 Å². The molecule has 0 rings (SSSR count). The van der Waals surface area contributed by atoms with Gasteiger partial charge in [-0.25, -0.2) is 0 Å². The van der Waals surface area contributed by atoms with E-state index in [9.17, 15) is 0 Å². The maximum atomic E-state index is 6.06. The average molecular weight is 172 g/mol. The summed E-state index contributed by atoms with van der Waals surface area (Å²) in [5.41, 5.74) is 6.29. The summed E-state index contributed by atoms with van der Waals surface area (Å²) in [6, 6.07) is 0.321. The first kappa shape index (κ1) is 11.9. The molecule has 0 aliphatic carbocycles. The predicted molar refractivity (Wildman–Crippen MR) is 55.2 cm³/mol. The summed E-state index contributed by atoms with van der Waals surface area (Å²) in [6.07, 6.45) is 2.30. The molecule has 12 heavy (non-hydrogen) atoms. The molecule has 0 aliphatic rings. The molecule has 0 amide bonds. The summed E-state index contributed by atoms with van der Waals surface area (Å²) in [4.78, 5) is 0. The fourth-order valence-electron chi connectivity index (χ4n) is 1.28. The third kappa shape index (κ3) is 4.07. The number of hydrogen-bond donors (Lipinski definition) is 2. The van der Waals surface area contributed by atoms with Gasteiger partial charge in [0, 0.05) is 12.6 Å². The molecule has 0 aromatic rings. The van der Waals surface area contributed by atoms with Gasteiger partial charge < -0.3 is 11.1 Å². The molecule has 0 radical (unpaired) electrons. The van der Waals surface area contributed by atoms with Gasteiger partial charge in [0.1, 0.15) is 0 Å². The molecule has 2 nitrogen and oxygen atoms in total. The minimum atomic E-state index is 0.228. The summed E-state index contributed by atoms with van der Waals surface area (Å²) in [5.74, 6) is 0. The zero-order chi connectivity index (χ0) is 9.61. The minimum absolute atomic E-state index is 0.228. The van der Waals surface area contributed by atoms with Crippen molar-refractivity contribution in [3.05, 3.63) is 0 Å².